The largest absolute Gasteiger partial charge is 0.480 e. The highest BCUT2D eigenvalue weighted by Crippen LogP contribution is 1.95. The maximum absolute atomic E-state index is 12.2. The molecule has 0 bridgehead atoms. The van der Waals surface area contributed by atoms with Gasteiger partial charge in [0, 0.05) is 5.75 Å². The maximum Gasteiger partial charge on any atom is 0.325 e. The second-order valence-corrected chi connectivity index (χ2v) is 6.43. The summed E-state index contributed by atoms with van der Waals surface area (Å²) in [4.78, 5) is 58.4. The first kappa shape index (κ1) is 24.7. The van der Waals surface area contributed by atoms with Crippen LogP contribution >= 0.6 is 12.6 Å². The molecule has 0 aliphatic rings. The Morgan fingerprint density at radius 2 is 1.19 bits per heavy atom. The molecule has 0 aromatic heterocycles. The van der Waals surface area contributed by atoms with Crippen molar-refractivity contribution in [2.45, 2.75) is 57.9 Å². The van der Waals surface area contributed by atoms with E-state index in [1.807, 2.05) is 0 Å². The first-order chi connectivity index (χ1) is 12.4. The van der Waals surface area contributed by atoms with Gasteiger partial charge in [-0.3, -0.25) is 24.0 Å². The zero-order valence-electron chi connectivity index (χ0n) is 15.6. The minimum absolute atomic E-state index is 0.0641. The molecule has 0 spiro atoms. The lowest BCUT2D eigenvalue weighted by molar-refractivity contribution is -0.141. The van der Waals surface area contributed by atoms with Crippen molar-refractivity contribution in [1.82, 2.24) is 21.3 Å². The van der Waals surface area contributed by atoms with Crippen LogP contribution in [0.3, 0.4) is 0 Å². The standard InChI is InChI=1S/C15H27N5O6S/c1-6(16)11(21)17-8(3)13(23)20-10(5-27)14(24)18-7(2)12(22)19-9(4)15(25)26/h6-10,27H,5,16H2,1-4H3,(H,17,21)(H,18,24)(H,19,22)(H,20,23)(H,25,26)/t6-,7-,8-,9-,10-/m0/s1. The van der Waals surface area contributed by atoms with Gasteiger partial charge in [-0.05, 0) is 27.7 Å². The van der Waals surface area contributed by atoms with E-state index in [2.05, 4.69) is 33.9 Å². The molecule has 0 aromatic carbocycles. The molecule has 5 atom stereocenters. The second kappa shape index (κ2) is 11.4. The van der Waals surface area contributed by atoms with Crippen molar-refractivity contribution in [3.63, 3.8) is 0 Å². The van der Waals surface area contributed by atoms with Crippen LogP contribution in [0.4, 0.5) is 0 Å². The van der Waals surface area contributed by atoms with Crippen LogP contribution in [-0.2, 0) is 24.0 Å². The van der Waals surface area contributed by atoms with E-state index < -0.39 is 59.8 Å². The van der Waals surface area contributed by atoms with Gasteiger partial charge >= 0.3 is 5.97 Å². The first-order valence-corrected chi connectivity index (χ1v) is 8.84. The fourth-order valence-corrected chi connectivity index (χ4v) is 1.94. The van der Waals surface area contributed by atoms with Crippen molar-refractivity contribution in [2.75, 3.05) is 5.75 Å². The summed E-state index contributed by atoms with van der Waals surface area (Å²) in [6, 6.07) is -4.95. The van der Waals surface area contributed by atoms with Crippen LogP contribution in [-0.4, -0.2) is 70.7 Å². The molecule has 0 aromatic rings. The van der Waals surface area contributed by atoms with Gasteiger partial charge in [-0.2, -0.15) is 12.6 Å². The Labute approximate surface area is 162 Å². The van der Waals surface area contributed by atoms with Crippen LogP contribution in [0.5, 0.6) is 0 Å². The Morgan fingerprint density at radius 3 is 1.59 bits per heavy atom. The minimum Gasteiger partial charge on any atom is -0.480 e. The SMILES string of the molecule is C[C@H](N)C(=O)N[C@@H](C)C(=O)N[C@@H](CS)C(=O)N[C@@H](C)C(=O)N[C@@H](C)C(=O)O. The Hall–Kier alpha value is -2.34. The highest BCUT2D eigenvalue weighted by Gasteiger charge is 2.27. The molecule has 0 rings (SSSR count). The molecule has 0 unspecified atom stereocenters. The Kier molecular flexibility index (Phi) is 10.4. The van der Waals surface area contributed by atoms with Crippen molar-refractivity contribution < 1.29 is 29.1 Å². The van der Waals surface area contributed by atoms with Gasteiger partial charge in [0.25, 0.3) is 0 Å². The normalized spacial score (nSPS) is 16.1. The number of hydrogen-bond donors (Lipinski definition) is 7. The average Bonchev–Trinajstić information content (AvgIpc) is 2.58. The van der Waals surface area contributed by atoms with Gasteiger partial charge in [-0.25, -0.2) is 0 Å². The van der Waals surface area contributed by atoms with Crippen molar-refractivity contribution >= 4 is 42.2 Å². The first-order valence-electron chi connectivity index (χ1n) is 8.21. The van der Waals surface area contributed by atoms with Gasteiger partial charge in [0.1, 0.15) is 24.2 Å². The molecule has 0 heterocycles. The molecule has 154 valence electrons. The van der Waals surface area contributed by atoms with E-state index in [4.69, 9.17) is 10.8 Å². The third kappa shape index (κ3) is 8.73. The van der Waals surface area contributed by atoms with E-state index in [0.29, 0.717) is 0 Å². The number of thiol groups is 1. The summed E-state index contributed by atoms with van der Waals surface area (Å²) in [5, 5.41) is 18.1. The number of carboxylic acid groups (broad SMARTS) is 1. The topological polar surface area (TPSA) is 180 Å². The summed E-state index contributed by atoms with van der Waals surface area (Å²) >= 11 is 4.00. The molecule has 0 radical (unpaired) electrons. The molecule has 12 heteroatoms. The van der Waals surface area contributed by atoms with Crippen molar-refractivity contribution in [2.24, 2.45) is 5.73 Å². The number of nitrogens with one attached hydrogen (secondary N) is 4. The highest BCUT2D eigenvalue weighted by atomic mass is 32.1. The molecule has 0 fully saturated rings. The summed E-state index contributed by atoms with van der Waals surface area (Å²) in [6.45, 7) is 5.53. The quantitative estimate of drug-likeness (QED) is 0.194. The second-order valence-electron chi connectivity index (χ2n) is 6.06. The highest BCUT2D eigenvalue weighted by molar-refractivity contribution is 7.80. The monoisotopic (exact) mass is 405 g/mol. The molecule has 7 N–H and O–H groups in total. The molecule has 4 amide bonds. The molecule has 0 aliphatic heterocycles. The maximum atomic E-state index is 12.2. The molecule has 0 saturated heterocycles. The number of nitrogens with two attached hydrogens (primary N) is 1. The number of carbonyl (C=O) groups excluding carboxylic acids is 4. The van der Waals surface area contributed by atoms with Gasteiger partial charge in [0.2, 0.25) is 23.6 Å². The lowest BCUT2D eigenvalue weighted by Crippen LogP contribution is -2.57. The van der Waals surface area contributed by atoms with E-state index in [0.717, 1.165) is 0 Å². The molecular formula is C15H27N5O6S. The molecule has 0 aliphatic carbocycles. The Bertz CT molecular complexity index is 585. The van der Waals surface area contributed by atoms with Gasteiger partial charge in [0.15, 0.2) is 0 Å². The number of amides is 4. The van der Waals surface area contributed by atoms with Crippen LogP contribution in [0.1, 0.15) is 27.7 Å². The van der Waals surface area contributed by atoms with Crippen LogP contribution in [0.25, 0.3) is 0 Å². The van der Waals surface area contributed by atoms with Gasteiger partial charge in [0.05, 0.1) is 6.04 Å². The van der Waals surface area contributed by atoms with Crippen LogP contribution in [0, 0.1) is 0 Å². The zero-order chi connectivity index (χ0) is 21.3. The predicted octanol–water partition coefficient (Wildman–Crippen LogP) is -2.65. The number of hydrogen-bond acceptors (Lipinski definition) is 7. The van der Waals surface area contributed by atoms with E-state index in [1.54, 1.807) is 0 Å². The minimum atomic E-state index is -1.22. The lowest BCUT2D eigenvalue weighted by Gasteiger charge is -2.22. The number of carbonyl (C=O) groups is 5. The van der Waals surface area contributed by atoms with E-state index in [-0.39, 0.29) is 5.75 Å². The predicted molar refractivity (Wildman–Crippen MR) is 99.9 cm³/mol. The van der Waals surface area contributed by atoms with Crippen LogP contribution in [0.2, 0.25) is 0 Å². The van der Waals surface area contributed by atoms with Crippen LogP contribution in [0.15, 0.2) is 0 Å². The number of rotatable bonds is 10. The number of aliphatic carboxylic acids is 1. The zero-order valence-corrected chi connectivity index (χ0v) is 16.5. The molecule has 0 saturated carbocycles. The van der Waals surface area contributed by atoms with E-state index in [9.17, 15) is 24.0 Å². The smallest absolute Gasteiger partial charge is 0.325 e. The third-order valence-corrected chi connectivity index (χ3v) is 3.83. The Morgan fingerprint density at radius 1 is 0.778 bits per heavy atom. The fraction of sp³-hybridized carbons (Fsp3) is 0.667. The summed E-state index contributed by atoms with van der Waals surface area (Å²) in [5.74, 6) is -3.82. The van der Waals surface area contributed by atoms with E-state index >= 15 is 0 Å². The van der Waals surface area contributed by atoms with Gasteiger partial charge < -0.3 is 32.1 Å². The summed E-state index contributed by atoms with van der Waals surface area (Å²) in [5.41, 5.74) is 5.40. The van der Waals surface area contributed by atoms with E-state index in [1.165, 1.54) is 27.7 Å². The summed E-state index contributed by atoms with van der Waals surface area (Å²) in [7, 11) is 0. The van der Waals surface area contributed by atoms with Gasteiger partial charge in [-0.15, -0.1) is 0 Å². The molecular weight excluding hydrogens is 378 g/mol. The van der Waals surface area contributed by atoms with Crippen molar-refractivity contribution in [3.05, 3.63) is 0 Å². The number of carboxylic acids is 1. The third-order valence-electron chi connectivity index (χ3n) is 3.46. The van der Waals surface area contributed by atoms with Crippen molar-refractivity contribution in [3.8, 4) is 0 Å². The fourth-order valence-electron chi connectivity index (χ4n) is 1.68. The lowest BCUT2D eigenvalue weighted by atomic mass is 10.2. The average molecular weight is 405 g/mol. The molecule has 27 heavy (non-hydrogen) atoms. The Balaban J connectivity index is 4.72. The summed E-state index contributed by atoms with van der Waals surface area (Å²) < 4.78 is 0. The molecule has 11 nitrogen and oxygen atoms in total. The van der Waals surface area contributed by atoms with Gasteiger partial charge in [-0.1, -0.05) is 0 Å². The van der Waals surface area contributed by atoms with Crippen LogP contribution < -0.4 is 27.0 Å². The van der Waals surface area contributed by atoms with Crippen molar-refractivity contribution in [1.29, 1.82) is 0 Å². The summed E-state index contributed by atoms with van der Waals surface area (Å²) in [6.07, 6.45) is 0.